The number of hydrogen-bond donors (Lipinski definition) is 2. The first-order chi connectivity index (χ1) is 7.15. The molecule has 0 aliphatic carbocycles. The van der Waals surface area contributed by atoms with Crippen LogP contribution in [0.1, 0.15) is 6.92 Å². The standard InChI is InChI=1S/C9H18N4O2/c1-2-12(7-8(10)11)9(14)13-3-5-15-6-4-13/h2-7H2,1H3,(H3,10,11). The fourth-order valence-corrected chi connectivity index (χ4v) is 1.47. The summed E-state index contributed by atoms with van der Waals surface area (Å²) in [6, 6.07) is -0.0593. The Hall–Kier alpha value is -1.30. The van der Waals surface area contributed by atoms with E-state index in [1.807, 2.05) is 6.92 Å². The number of carbonyl (C=O) groups excluding carboxylic acids is 1. The third-order valence-corrected chi connectivity index (χ3v) is 2.30. The van der Waals surface area contributed by atoms with E-state index in [9.17, 15) is 4.79 Å². The minimum absolute atomic E-state index is 0.0125. The summed E-state index contributed by atoms with van der Waals surface area (Å²) < 4.78 is 5.16. The first-order valence-electron chi connectivity index (χ1n) is 5.09. The van der Waals surface area contributed by atoms with Gasteiger partial charge in [-0.1, -0.05) is 0 Å². The summed E-state index contributed by atoms with van der Waals surface area (Å²) >= 11 is 0. The predicted molar refractivity (Wildman–Crippen MR) is 56.9 cm³/mol. The Morgan fingerprint density at radius 2 is 2.13 bits per heavy atom. The van der Waals surface area contributed by atoms with Gasteiger partial charge in [-0.25, -0.2) is 4.79 Å². The molecule has 1 rings (SSSR count). The minimum Gasteiger partial charge on any atom is -0.386 e. The second-order valence-corrected chi connectivity index (χ2v) is 3.42. The molecule has 0 aromatic carbocycles. The SMILES string of the molecule is CCN(CC(=N)N)C(=O)N1CCOCC1. The topological polar surface area (TPSA) is 82.7 Å². The van der Waals surface area contributed by atoms with Gasteiger partial charge >= 0.3 is 6.03 Å². The molecule has 2 amide bonds. The van der Waals surface area contributed by atoms with Gasteiger partial charge in [-0.3, -0.25) is 5.41 Å². The van der Waals surface area contributed by atoms with Gasteiger partial charge in [0, 0.05) is 19.6 Å². The van der Waals surface area contributed by atoms with Crippen molar-refractivity contribution in [2.24, 2.45) is 5.73 Å². The number of amides is 2. The lowest BCUT2D eigenvalue weighted by Crippen LogP contribution is -2.50. The van der Waals surface area contributed by atoms with Crippen molar-refractivity contribution in [2.45, 2.75) is 6.92 Å². The number of rotatable bonds is 3. The molecule has 1 aliphatic rings. The highest BCUT2D eigenvalue weighted by atomic mass is 16.5. The average molecular weight is 214 g/mol. The van der Waals surface area contributed by atoms with Crippen LogP contribution in [0.3, 0.4) is 0 Å². The molecule has 6 heteroatoms. The highest BCUT2D eigenvalue weighted by Crippen LogP contribution is 2.02. The number of carbonyl (C=O) groups is 1. The Labute approximate surface area is 89.5 Å². The molecule has 0 atom stereocenters. The summed E-state index contributed by atoms with van der Waals surface area (Å²) in [5.41, 5.74) is 5.28. The fraction of sp³-hybridized carbons (Fsp3) is 0.778. The highest BCUT2D eigenvalue weighted by Gasteiger charge is 2.21. The maximum atomic E-state index is 11.9. The number of hydrogen-bond acceptors (Lipinski definition) is 3. The van der Waals surface area contributed by atoms with Gasteiger partial charge in [0.05, 0.1) is 19.8 Å². The van der Waals surface area contributed by atoms with E-state index < -0.39 is 0 Å². The number of likely N-dealkylation sites (N-methyl/N-ethyl adjacent to an activating group) is 1. The third kappa shape index (κ3) is 3.39. The normalized spacial score (nSPS) is 16.2. The van der Waals surface area contributed by atoms with E-state index in [1.54, 1.807) is 9.80 Å². The van der Waals surface area contributed by atoms with Crippen molar-refractivity contribution >= 4 is 11.9 Å². The molecule has 0 aromatic rings. The number of morpholine rings is 1. The molecule has 1 aliphatic heterocycles. The van der Waals surface area contributed by atoms with Gasteiger partial charge in [-0.15, -0.1) is 0 Å². The van der Waals surface area contributed by atoms with Gasteiger partial charge in [0.15, 0.2) is 0 Å². The van der Waals surface area contributed by atoms with Crippen LogP contribution in [0.5, 0.6) is 0 Å². The van der Waals surface area contributed by atoms with Crippen LogP contribution in [0.4, 0.5) is 4.79 Å². The minimum atomic E-state index is -0.0593. The van der Waals surface area contributed by atoms with Crippen molar-refractivity contribution in [3.05, 3.63) is 0 Å². The van der Waals surface area contributed by atoms with Crippen molar-refractivity contribution in [3.8, 4) is 0 Å². The maximum Gasteiger partial charge on any atom is 0.320 e. The highest BCUT2D eigenvalue weighted by molar-refractivity contribution is 5.84. The van der Waals surface area contributed by atoms with Crippen LogP contribution >= 0.6 is 0 Å². The lowest BCUT2D eigenvalue weighted by molar-refractivity contribution is 0.0449. The van der Waals surface area contributed by atoms with E-state index in [0.717, 1.165) is 0 Å². The Kier molecular flexibility index (Phi) is 4.36. The molecule has 0 saturated carbocycles. The molecule has 86 valence electrons. The first kappa shape index (κ1) is 11.8. The van der Waals surface area contributed by atoms with Crippen molar-refractivity contribution in [1.82, 2.24) is 9.80 Å². The summed E-state index contributed by atoms with van der Waals surface area (Å²) in [4.78, 5) is 15.2. The van der Waals surface area contributed by atoms with Crippen LogP contribution in [0.2, 0.25) is 0 Å². The van der Waals surface area contributed by atoms with E-state index >= 15 is 0 Å². The smallest absolute Gasteiger partial charge is 0.320 e. The molecule has 0 bridgehead atoms. The molecular formula is C9H18N4O2. The van der Waals surface area contributed by atoms with E-state index in [2.05, 4.69) is 0 Å². The van der Waals surface area contributed by atoms with Crippen LogP contribution in [-0.4, -0.2) is 61.1 Å². The predicted octanol–water partition coefficient (Wildman–Crippen LogP) is -0.304. The number of nitrogens with one attached hydrogen (secondary N) is 1. The largest absolute Gasteiger partial charge is 0.386 e. The van der Waals surface area contributed by atoms with Crippen molar-refractivity contribution < 1.29 is 9.53 Å². The van der Waals surface area contributed by atoms with Crippen LogP contribution in [0, 0.1) is 5.41 Å². The van der Waals surface area contributed by atoms with Crippen LogP contribution in [-0.2, 0) is 4.74 Å². The third-order valence-electron chi connectivity index (χ3n) is 2.30. The number of amidine groups is 1. The zero-order chi connectivity index (χ0) is 11.3. The number of nitrogens with zero attached hydrogens (tertiary/aromatic N) is 2. The van der Waals surface area contributed by atoms with Gasteiger partial charge < -0.3 is 20.3 Å². The zero-order valence-electron chi connectivity index (χ0n) is 9.03. The van der Waals surface area contributed by atoms with Gasteiger partial charge in [-0.05, 0) is 6.92 Å². The fourth-order valence-electron chi connectivity index (χ4n) is 1.47. The van der Waals surface area contributed by atoms with E-state index in [1.165, 1.54) is 0 Å². The van der Waals surface area contributed by atoms with Crippen molar-refractivity contribution in [2.75, 3.05) is 39.4 Å². The molecular weight excluding hydrogens is 196 g/mol. The first-order valence-corrected chi connectivity index (χ1v) is 5.09. The Morgan fingerprint density at radius 3 is 2.60 bits per heavy atom. The van der Waals surface area contributed by atoms with Crippen molar-refractivity contribution in [3.63, 3.8) is 0 Å². The molecule has 3 N–H and O–H groups in total. The monoisotopic (exact) mass is 214 g/mol. The average Bonchev–Trinajstić information content (AvgIpc) is 2.26. The summed E-state index contributed by atoms with van der Waals surface area (Å²) in [5, 5.41) is 7.18. The quantitative estimate of drug-likeness (QED) is 0.499. The van der Waals surface area contributed by atoms with Crippen LogP contribution in [0.25, 0.3) is 0 Å². The second-order valence-electron chi connectivity index (χ2n) is 3.42. The van der Waals surface area contributed by atoms with Gasteiger partial charge in [0.2, 0.25) is 0 Å². The summed E-state index contributed by atoms with van der Waals surface area (Å²) in [6.07, 6.45) is 0. The van der Waals surface area contributed by atoms with Crippen LogP contribution in [0.15, 0.2) is 0 Å². The molecule has 1 saturated heterocycles. The van der Waals surface area contributed by atoms with Gasteiger partial charge in [0.1, 0.15) is 5.84 Å². The number of nitrogens with two attached hydrogens (primary N) is 1. The van der Waals surface area contributed by atoms with Crippen molar-refractivity contribution in [1.29, 1.82) is 5.41 Å². The van der Waals surface area contributed by atoms with E-state index in [4.69, 9.17) is 15.9 Å². The second kappa shape index (κ2) is 5.55. The molecule has 0 radical (unpaired) electrons. The molecule has 0 aromatic heterocycles. The summed E-state index contributed by atoms with van der Waals surface area (Å²) in [6.45, 7) is 5.05. The van der Waals surface area contributed by atoms with Gasteiger partial charge in [0.25, 0.3) is 0 Å². The lowest BCUT2D eigenvalue weighted by Gasteiger charge is -2.32. The van der Waals surface area contributed by atoms with E-state index in [-0.39, 0.29) is 18.4 Å². The molecule has 1 fully saturated rings. The lowest BCUT2D eigenvalue weighted by atomic mass is 10.4. The summed E-state index contributed by atoms with van der Waals surface area (Å²) in [7, 11) is 0. The van der Waals surface area contributed by atoms with Crippen LogP contribution < -0.4 is 5.73 Å². The molecule has 1 heterocycles. The Bertz CT molecular complexity index is 238. The molecule has 6 nitrogen and oxygen atoms in total. The molecule has 0 unspecified atom stereocenters. The number of urea groups is 1. The summed E-state index contributed by atoms with van der Waals surface area (Å²) in [5.74, 6) is 0.0125. The van der Waals surface area contributed by atoms with E-state index in [0.29, 0.717) is 32.8 Å². The zero-order valence-corrected chi connectivity index (χ0v) is 9.03. The Morgan fingerprint density at radius 1 is 1.53 bits per heavy atom. The molecule has 15 heavy (non-hydrogen) atoms. The molecule has 0 spiro atoms. The number of ether oxygens (including phenoxy) is 1. The van der Waals surface area contributed by atoms with Gasteiger partial charge in [-0.2, -0.15) is 0 Å². The Balaban J connectivity index is 2.50. The maximum absolute atomic E-state index is 11.9.